The molecule has 210 valence electrons. The Morgan fingerprint density at radius 2 is 1.76 bits per heavy atom. The number of alkyl halides is 3. The number of carbonyl (C=O) groups excluding carboxylic acids is 1. The molecule has 1 aromatic heterocycles. The summed E-state index contributed by atoms with van der Waals surface area (Å²) in [6, 6.07) is 3.86. The van der Waals surface area contributed by atoms with Crippen LogP contribution in [0, 0.1) is 25.2 Å². The van der Waals surface area contributed by atoms with Gasteiger partial charge in [-0.3, -0.25) is 9.59 Å². The highest BCUT2D eigenvalue weighted by atomic mass is 32.2. The molecular formula is C27H35F3N2O5S. The van der Waals surface area contributed by atoms with Gasteiger partial charge in [-0.1, -0.05) is 25.3 Å². The van der Waals surface area contributed by atoms with Gasteiger partial charge in [0.1, 0.15) is 0 Å². The van der Waals surface area contributed by atoms with Gasteiger partial charge in [0.2, 0.25) is 0 Å². The highest BCUT2D eigenvalue weighted by Gasteiger charge is 2.38. The summed E-state index contributed by atoms with van der Waals surface area (Å²) in [6.45, 7) is 6.51. The molecule has 1 aliphatic carbocycles. The Hall–Kier alpha value is -2.66. The Bertz CT molecular complexity index is 1230. The van der Waals surface area contributed by atoms with Crippen LogP contribution in [0.15, 0.2) is 23.1 Å². The minimum Gasteiger partial charge on any atom is -0.481 e. The summed E-state index contributed by atoms with van der Waals surface area (Å²) in [6.07, 6.45) is 0.458. The third-order valence-electron chi connectivity index (χ3n) is 7.55. The summed E-state index contributed by atoms with van der Waals surface area (Å²) >= 11 is -2.60. The van der Waals surface area contributed by atoms with Gasteiger partial charge in [0, 0.05) is 30.0 Å². The van der Waals surface area contributed by atoms with Crippen LogP contribution in [-0.2, 0) is 28.6 Å². The molecule has 1 aliphatic rings. The molecule has 3 N–H and O–H groups in total. The molecule has 11 heteroatoms. The minimum absolute atomic E-state index is 0.0879. The van der Waals surface area contributed by atoms with Gasteiger partial charge in [0.15, 0.2) is 11.1 Å². The summed E-state index contributed by atoms with van der Waals surface area (Å²) in [5.74, 6) is -1.24. The van der Waals surface area contributed by atoms with E-state index in [2.05, 4.69) is 5.32 Å². The molecule has 1 aromatic carbocycles. The normalized spacial score (nSPS) is 15.9. The number of rotatable bonds is 9. The van der Waals surface area contributed by atoms with Gasteiger partial charge in [0.05, 0.1) is 21.4 Å². The lowest BCUT2D eigenvalue weighted by Gasteiger charge is -2.25. The standard InChI is InChI=1S/C27H35F3N2O5S/c1-16-22(38(36)37)11-10-19(23(16)27(28,29)30)21-14-20(24(33)31-13-12-26(3,4)25(34)35)17(2)32(21)15-18-8-6-5-7-9-18/h10-11,14,18H,5-9,12-13,15H2,1-4H3,(H,31,33)(H,34,35)(H,36,37). The monoisotopic (exact) mass is 556 g/mol. The number of nitrogens with zero attached hydrogens (tertiary/aromatic N) is 1. The number of aromatic nitrogens is 1. The SMILES string of the molecule is Cc1c(S(=O)O)ccc(-c2cc(C(=O)NCCC(C)(C)C(=O)O)c(C)n2CC2CCCCC2)c1C(F)(F)F. The second-order valence-electron chi connectivity index (χ2n) is 10.7. The van der Waals surface area contributed by atoms with Crippen molar-refractivity contribution in [3.63, 3.8) is 0 Å². The fourth-order valence-corrected chi connectivity index (χ4v) is 5.66. The number of aliphatic carboxylic acids is 1. The molecule has 1 unspecified atom stereocenters. The first-order valence-corrected chi connectivity index (χ1v) is 13.8. The Kier molecular flexibility index (Phi) is 9.13. The molecule has 0 radical (unpaired) electrons. The summed E-state index contributed by atoms with van der Waals surface area (Å²) in [5.41, 5.74) is -1.60. The zero-order valence-corrected chi connectivity index (χ0v) is 22.9. The summed E-state index contributed by atoms with van der Waals surface area (Å²) < 4.78 is 65.9. The van der Waals surface area contributed by atoms with E-state index in [0.717, 1.165) is 32.1 Å². The Labute approximate surface area is 223 Å². The van der Waals surface area contributed by atoms with Crippen LogP contribution < -0.4 is 5.32 Å². The third kappa shape index (κ3) is 6.48. The number of carboxylic acid groups (broad SMARTS) is 1. The van der Waals surface area contributed by atoms with Gasteiger partial charge in [-0.05, 0) is 70.6 Å². The number of hydrogen-bond donors (Lipinski definition) is 3. The van der Waals surface area contributed by atoms with E-state index in [9.17, 15) is 36.6 Å². The van der Waals surface area contributed by atoms with Gasteiger partial charge in [-0.2, -0.15) is 13.2 Å². The molecule has 1 atom stereocenters. The highest BCUT2D eigenvalue weighted by Crippen LogP contribution is 2.42. The van der Waals surface area contributed by atoms with Crippen molar-refractivity contribution in [1.82, 2.24) is 9.88 Å². The summed E-state index contributed by atoms with van der Waals surface area (Å²) in [5, 5.41) is 12.0. The molecule has 0 bridgehead atoms. The number of carboxylic acids is 1. The largest absolute Gasteiger partial charge is 0.481 e. The van der Waals surface area contributed by atoms with Crippen LogP contribution >= 0.6 is 0 Å². The molecule has 38 heavy (non-hydrogen) atoms. The number of amides is 1. The zero-order chi connectivity index (χ0) is 28.4. The predicted molar refractivity (Wildman–Crippen MR) is 138 cm³/mol. The number of benzene rings is 1. The average Bonchev–Trinajstić information content (AvgIpc) is 3.14. The molecule has 0 aliphatic heterocycles. The van der Waals surface area contributed by atoms with Gasteiger partial charge in [-0.15, -0.1) is 0 Å². The molecule has 0 spiro atoms. The van der Waals surface area contributed by atoms with E-state index in [-0.39, 0.29) is 46.2 Å². The molecule has 2 aromatic rings. The number of nitrogens with one attached hydrogen (secondary N) is 1. The van der Waals surface area contributed by atoms with Crippen molar-refractivity contribution in [2.24, 2.45) is 11.3 Å². The zero-order valence-electron chi connectivity index (χ0n) is 22.1. The van der Waals surface area contributed by atoms with Gasteiger partial charge >= 0.3 is 12.1 Å². The van der Waals surface area contributed by atoms with Crippen molar-refractivity contribution in [1.29, 1.82) is 0 Å². The quantitative estimate of drug-likeness (QED) is 0.320. The van der Waals surface area contributed by atoms with Gasteiger partial charge in [-0.25, -0.2) is 4.21 Å². The fraction of sp³-hybridized carbons (Fsp3) is 0.556. The van der Waals surface area contributed by atoms with Crippen molar-refractivity contribution in [2.75, 3.05) is 6.54 Å². The maximum atomic E-state index is 14.3. The van der Waals surface area contributed by atoms with Crippen LogP contribution in [-0.4, -0.2) is 36.9 Å². The van der Waals surface area contributed by atoms with Crippen molar-refractivity contribution >= 4 is 23.0 Å². The average molecular weight is 557 g/mol. The fourth-order valence-electron chi connectivity index (χ4n) is 5.11. The second-order valence-corrected chi connectivity index (χ2v) is 11.6. The smallest absolute Gasteiger partial charge is 0.417 e. The number of hydrogen-bond acceptors (Lipinski definition) is 3. The maximum absolute atomic E-state index is 14.3. The van der Waals surface area contributed by atoms with E-state index in [4.69, 9.17) is 0 Å². The predicted octanol–water partition coefficient (Wildman–Crippen LogP) is 6.18. The molecule has 0 saturated heterocycles. The molecule has 1 heterocycles. The highest BCUT2D eigenvalue weighted by molar-refractivity contribution is 7.79. The molecule has 1 fully saturated rings. The van der Waals surface area contributed by atoms with Gasteiger partial charge < -0.3 is 19.5 Å². The summed E-state index contributed by atoms with van der Waals surface area (Å²) in [4.78, 5) is 24.2. The lowest BCUT2D eigenvalue weighted by atomic mass is 9.89. The minimum atomic E-state index is -4.80. The second kappa shape index (κ2) is 11.6. The Morgan fingerprint density at radius 3 is 2.32 bits per heavy atom. The van der Waals surface area contributed by atoms with Crippen molar-refractivity contribution in [3.05, 3.63) is 40.6 Å². The Morgan fingerprint density at radius 1 is 1.13 bits per heavy atom. The van der Waals surface area contributed by atoms with E-state index < -0.39 is 40.1 Å². The van der Waals surface area contributed by atoms with Crippen LogP contribution in [0.25, 0.3) is 11.3 Å². The molecule has 1 saturated carbocycles. The van der Waals surface area contributed by atoms with Gasteiger partial charge in [0.25, 0.3) is 5.91 Å². The van der Waals surface area contributed by atoms with Crippen molar-refractivity contribution < 1.29 is 36.6 Å². The van der Waals surface area contributed by atoms with Crippen LogP contribution in [0.5, 0.6) is 0 Å². The third-order valence-corrected chi connectivity index (χ3v) is 8.37. The van der Waals surface area contributed by atoms with Crippen molar-refractivity contribution in [3.8, 4) is 11.3 Å². The van der Waals surface area contributed by atoms with Crippen LogP contribution in [0.3, 0.4) is 0 Å². The first kappa shape index (κ1) is 29.9. The lowest BCUT2D eigenvalue weighted by Crippen LogP contribution is -2.32. The molecular weight excluding hydrogens is 521 g/mol. The topological polar surface area (TPSA) is 109 Å². The number of carbonyl (C=O) groups is 2. The van der Waals surface area contributed by atoms with E-state index >= 15 is 0 Å². The molecule has 7 nitrogen and oxygen atoms in total. The Balaban J connectivity index is 2.09. The van der Waals surface area contributed by atoms with Crippen molar-refractivity contribution in [2.45, 2.75) is 83.8 Å². The van der Waals surface area contributed by atoms with Crippen LogP contribution in [0.4, 0.5) is 13.2 Å². The first-order chi connectivity index (χ1) is 17.6. The van der Waals surface area contributed by atoms with Crippen LogP contribution in [0.1, 0.15) is 79.6 Å². The first-order valence-electron chi connectivity index (χ1n) is 12.7. The molecule has 3 rings (SSSR count). The van der Waals surface area contributed by atoms with E-state index in [1.165, 1.54) is 25.1 Å². The van der Waals surface area contributed by atoms with Crippen LogP contribution in [0.2, 0.25) is 0 Å². The maximum Gasteiger partial charge on any atom is 0.417 e. The lowest BCUT2D eigenvalue weighted by molar-refractivity contribution is -0.147. The molecule has 1 amide bonds. The van der Waals surface area contributed by atoms with E-state index in [1.807, 2.05) is 0 Å². The number of halogens is 3. The summed E-state index contributed by atoms with van der Waals surface area (Å²) in [7, 11) is 0. The van der Waals surface area contributed by atoms with E-state index in [0.29, 0.717) is 12.2 Å². The van der Waals surface area contributed by atoms with E-state index in [1.54, 1.807) is 25.3 Å².